The van der Waals surface area contributed by atoms with E-state index in [1.165, 1.54) is 23.8 Å². The summed E-state index contributed by atoms with van der Waals surface area (Å²) in [5.41, 5.74) is 6.46. The smallest absolute Gasteiger partial charge is 0.230 e. The lowest BCUT2D eigenvalue weighted by Gasteiger charge is -2.19. The highest BCUT2D eigenvalue weighted by atomic mass is 32.1. The molecule has 0 bridgehead atoms. The minimum Gasteiger partial charge on any atom is -0.289 e. The van der Waals surface area contributed by atoms with E-state index in [0.29, 0.717) is 17.2 Å². The summed E-state index contributed by atoms with van der Waals surface area (Å²) in [6, 6.07) is 13.7. The quantitative estimate of drug-likeness (QED) is 0.531. The first-order chi connectivity index (χ1) is 13.9. The van der Waals surface area contributed by atoms with Crippen LogP contribution in [0, 0.1) is 13.8 Å². The van der Waals surface area contributed by atoms with Crippen LogP contribution in [0.4, 0.5) is 10.8 Å². The van der Waals surface area contributed by atoms with E-state index in [2.05, 4.69) is 4.98 Å². The van der Waals surface area contributed by atoms with Gasteiger partial charge in [-0.1, -0.05) is 30.3 Å². The molecule has 0 saturated carbocycles. The van der Waals surface area contributed by atoms with Crippen LogP contribution >= 0.6 is 11.3 Å². The van der Waals surface area contributed by atoms with Gasteiger partial charge in [-0.3, -0.25) is 14.5 Å². The number of hydrogen-bond acceptors (Lipinski definition) is 4. The average Bonchev–Trinajstić information content (AvgIpc) is 3.15. The topological polar surface area (TPSA) is 50.3 Å². The van der Waals surface area contributed by atoms with Crippen LogP contribution < -0.4 is 4.90 Å². The first-order valence-corrected chi connectivity index (χ1v) is 10.5. The Kier molecular flexibility index (Phi) is 5.16. The number of hydrogen-bond donors (Lipinski definition) is 0. The van der Waals surface area contributed by atoms with Gasteiger partial charge in [0.25, 0.3) is 0 Å². The van der Waals surface area contributed by atoms with Crippen molar-refractivity contribution in [3.05, 3.63) is 81.4 Å². The summed E-state index contributed by atoms with van der Waals surface area (Å²) in [7, 11) is 0. The Labute approximate surface area is 174 Å². The molecule has 0 fully saturated rings. The molecular weight excluding hydrogens is 380 g/mol. The normalized spacial score (nSPS) is 14.7. The van der Waals surface area contributed by atoms with Gasteiger partial charge in [-0.25, -0.2) is 4.98 Å². The maximum absolute atomic E-state index is 12.8. The van der Waals surface area contributed by atoms with Gasteiger partial charge in [0.15, 0.2) is 10.9 Å². The number of carbonyl (C=O) groups excluding carboxylic acids is 2. The molecule has 1 aromatic heterocycles. The van der Waals surface area contributed by atoms with Crippen LogP contribution in [0.2, 0.25) is 0 Å². The molecule has 0 aliphatic heterocycles. The molecule has 0 unspecified atom stereocenters. The zero-order valence-corrected chi connectivity index (χ0v) is 17.5. The van der Waals surface area contributed by atoms with Gasteiger partial charge in [0.2, 0.25) is 5.91 Å². The molecule has 3 aromatic rings. The Morgan fingerprint density at radius 3 is 2.66 bits per heavy atom. The van der Waals surface area contributed by atoms with Crippen molar-refractivity contribution in [2.24, 2.45) is 0 Å². The third-order valence-corrected chi connectivity index (χ3v) is 6.15. The first-order valence-electron chi connectivity index (χ1n) is 9.60. The van der Waals surface area contributed by atoms with E-state index in [1.54, 1.807) is 4.90 Å². The standard InChI is InChI=1S/C24H22N2O2S/c1-15-8-11-21(12-16(15)2)26(17(3)27)24-25-20(14-29-24)13-19-10-9-18-6-4-5-7-22(18)23(19)28/h4-8,11-14H,9-10H2,1-3H3/b19-13+. The number of aromatic nitrogens is 1. The predicted octanol–water partition coefficient (Wildman–Crippen LogP) is 5.66. The molecule has 146 valence electrons. The number of thiazole rings is 1. The summed E-state index contributed by atoms with van der Waals surface area (Å²) < 4.78 is 0. The molecule has 1 aliphatic rings. The van der Waals surface area contributed by atoms with Crippen molar-refractivity contribution >= 4 is 39.9 Å². The number of nitrogens with zero attached hydrogens (tertiary/aromatic N) is 2. The molecule has 0 N–H and O–H groups in total. The third-order valence-electron chi connectivity index (χ3n) is 5.30. The van der Waals surface area contributed by atoms with E-state index in [-0.39, 0.29) is 11.7 Å². The van der Waals surface area contributed by atoms with Crippen LogP contribution in [-0.4, -0.2) is 16.7 Å². The average molecular weight is 403 g/mol. The number of allylic oxidation sites excluding steroid dienone is 1. The molecule has 2 aromatic carbocycles. The highest BCUT2D eigenvalue weighted by molar-refractivity contribution is 7.14. The van der Waals surface area contributed by atoms with E-state index >= 15 is 0 Å². The third kappa shape index (κ3) is 3.78. The second-order valence-corrected chi connectivity index (χ2v) is 8.17. The second kappa shape index (κ2) is 7.76. The molecule has 5 heteroatoms. The number of Topliss-reactive ketones (excluding diaryl/α,β-unsaturated/α-hetero) is 1. The van der Waals surface area contributed by atoms with Gasteiger partial charge in [-0.15, -0.1) is 11.3 Å². The SMILES string of the molecule is CC(=O)N(c1ccc(C)c(C)c1)c1nc(/C=C2\CCc3ccccc3C2=O)cs1. The molecule has 29 heavy (non-hydrogen) atoms. The lowest BCUT2D eigenvalue weighted by Crippen LogP contribution is -2.22. The largest absolute Gasteiger partial charge is 0.289 e. The molecule has 0 radical (unpaired) electrons. The van der Waals surface area contributed by atoms with E-state index in [9.17, 15) is 9.59 Å². The molecule has 4 rings (SSSR count). The molecular formula is C24H22N2O2S. The fraction of sp³-hybridized carbons (Fsp3) is 0.208. The highest BCUT2D eigenvalue weighted by Crippen LogP contribution is 2.32. The minimum atomic E-state index is -0.0931. The van der Waals surface area contributed by atoms with Crippen LogP contribution in [0.5, 0.6) is 0 Å². The van der Waals surface area contributed by atoms with Crippen molar-refractivity contribution < 1.29 is 9.59 Å². The maximum atomic E-state index is 12.8. The van der Waals surface area contributed by atoms with E-state index in [4.69, 9.17) is 0 Å². The van der Waals surface area contributed by atoms with E-state index < -0.39 is 0 Å². The molecule has 0 saturated heterocycles. The number of benzene rings is 2. The van der Waals surface area contributed by atoms with Gasteiger partial charge in [-0.05, 0) is 61.6 Å². The van der Waals surface area contributed by atoms with Crippen molar-refractivity contribution in [1.29, 1.82) is 0 Å². The number of ketones is 1. The summed E-state index contributed by atoms with van der Waals surface area (Å²) in [6.45, 7) is 5.61. The fourth-order valence-electron chi connectivity index (χ4n) is 3.57. The molecule has 0 atom stereocenters. The van der Waals surface area contributed by atoms with Crippen LogP contribution in [-0.2, 0) is 11.2 Å². The number of rotatable bonds is 3. The summed E-state index contributed by atoms with van der Waals surface area (Å²) in [6.07, 6.45) is 3.42. The summed E-state index contributed by atoms with van der Waals surface area (Å²) in [5, 5.41) is 2.50. The summed E-state index contributed by atoms with van der Waals surface area (Å²) in [5.74, 6) is -0.0246. The van der Waals surface area contributed by atoms with Gasteiger partial charge in [0, 0.05) is 23.4 Å². The summed E-state index contributed by atoms with van der Waals surface area (Å²) in [4.78, 5) is 31.4. The first kappa shape index (κ1) is 19.3. The lowest BCUT2D eigenvalue weighted by atomic mass is 9.86. The van der Waals surface area contributed by atoms with Crippen LogP contribution in [0.3, 0.4) is 0 Å². The van der Waals surface area contributed by atoms with E-state index in [0.717, 1.165) is 34.4 Å². The van der Waals surface area contributed by atoms with Gasteiger partial charge in [0.1, 0.15) is 0 Å². The van der Waals surface area contributed by atoms with Crippen LogP contribution in [0.1, 0.15) is 46.1 Å². The maximum Gasteiger partial charge on any atom is 0.230 e. The minimum absolute atomic E-state index is 0.0685. The molecule has 0 spiro atoms. The van der Waals surface area contributed by atoms with Gasteiger partial charge >= 0.3 is 0 Å². The van der Waals surface area contributed by atoms with Crippen molar-refractivity contribution in [1.82, 2.24) is 4.98 Å². The Hall–Kier alpha value is -3.05. The number of anilines is 2. The monoisotopic (exact) mass is 402 g/mol. The lowest BCUT2D eigenvalue weighted by molar-refractivity contribution is -0.115. The predicted molar refractivity (Wildman–Crippen MR) is 118 cm³/mol. The Morgan fingerprint density at radius 2 is 1.90 bits per heavy atom. The summed E-state index contributed by atoms with van der Waals surface area (Å²) >= 11 is 1.40. The molecule has 1 amide bonds. The zero-order valence-electron chi connectivity index (χ0n) is 16.7. The zero-order chi connectivity index (χ0) is 20.5. The van der Waals surface area contributed by atoms with E-state index in [1.807, 2.05) is 67.8 Å². The van der Waals surface area contributed by atoms with Gasteiger partial charge < -0.3 is 0 Å². The number of amides is 1. The number of fused-ring (bicyclic) bond motifs is 1. The fourth-order valence-corrected chi connectivity index (χ4v) is 4.41. The highest BCUT2D eigenvalue weighted by Gasteiger charge is 2.22. The molecule has 4 nitrogen and oxygen atoms in total. The molecule has 1 heterocycles. The van der Waals surface area contributed by atoms with Gasteiger partial charge in [0.05, 0.1) is 11.4 Å². The van der Waals surface area contributed by atoms with Crippen LogP contribution in [0.25, 0.3) is 6.08 Å². The van der Waals surface area contributed by atoms with Crippen LogP contribution in [0.15, 0.2) is 53.4 Å². The second-order valence-electron chi connectivity index (χ2n) is 7.33. The number of carbonyl (C=O) groups is 2. The Morgan fingerprint density at radius 1 is 1.10 bits per heavy atom. The molecule has 1 aliphatic carbocycles. The number of aryl methyl sites for hydroxylation is 3. The van der Waals surface area contributed by atoms with Crippen molar-refractivity contribution in [3.8, 4) is 0 Å². The van der Waals surface area contributed by atoms with Crippen molar-refractivity contribution in [3.63, 3.8) is 0 Å². The van der Waals surface area contributed by atoms with Gasteiger partial charge in [-0.2, -0.15) is 0 Å². The Balaban J connectivity index is 1.65. The van der Waals surface area contributed by atoms with Crippen molar-refractivity contribution in [2.45, 2.75) is 33.6 Å². The Bertz CT molecular complexity index is 1140. The van der Waals surface area contributed by atoms with Crippen molar-refractivity contribution in [2.75, 3.05) is 4.90 Å².